The van der Waals surface area contributed by atoms with Gasteiger partial charge in [0.1, 0.15) is 5.82 Å². The minimum Gasteiger partial charge on any atom is -0.382 e. The smallest absolute Gasteiger partial charge is 0.247 e. The zero-order valence-corrected chi connectivity index (χ0v) is 21.2. The van der Waals surface area contributed by atoms with Crippen LogP contribution >= 0.6 is 11.6 Å². The first kappa shape index (κ1) is 25.0. The van der Waals surface area contributed by atoms with E-state index in [9.17, 15) is 14.0 Å². The summed E-state index contributed by atoms with van der Waals surface area (Å²) >= 11 is 6.51. The molecule has 37 heavy (non-hydrogen) atoms. The highest BCUT2D eigenvalue weighted by Gasteiger charge is 2.42. The van der Waals surface area contributed by atoms with E-state index >= 15 is 0 Å². The number of fused-ring (bicyclic) bond motifs is 2. The van der Waals surface area contributed by atoms with Gasteiger partial charge in [0.05, 0.1) is 10.7 Å². The lowest BCUT2D eigenvalue weighted by atomic mass is 9.96. The first-order valence-corrected chi connectivity index (χ1v) is 12.8. The van der Waals surface area contributed by atoms with Gasteiger partial charge in [0.15, 0.2) is 0 Å². The number of hydrogen-bond acceptors (Lipinski definition) is 4. The Bertz CT molecular complexity index is 1320. The molecule has 8 heteroatoms. The fourth-order valence-electron chi connectivity index (χ4n) is 5.43. The van der Waals surface area contributed by atoms with Crippen LogP contribution in [0.25, 0.3) is 17.3 Å². The maximum atomic E-state index is 13.3. The molecule has 2 amide bonds. The van der Waals surface area contributed by atoms with Gasteiger partial charge in [-0.1, -0.05) is 17.7 Å². The summed E-state index contributed by atoms with van der Waals surface area (Å²) in [5.74, 6) is -0.528. The molecule has 2 bridgehead atoms. The molecule has 6 nitrogen and oxygen atoms in total. The van der Waals surface area contributed by atoms with Gasteiger partial charge in [-0.2, -0.15) is 0 Å². The fourth-order valence-corrected chi connectivity index (χ4v) is 5.69. The van der Waals surface area contributed by atoms with E-state index < -0.39 is 0 Å². The Kier molecular flexibility index (Phi) is 7.24. The van der Waals surface area contributed by atoms with Gasteiger partial charge in [-0.25, -0.2) is 4.39 Å². The molecule has 2 aliphatic rings. The van der Waals surface area contributed by atoms with Crippen LogP contribution in [0.5, 0.6) is 0 Å². The van der Waals surface area contributed by atoms with Gasteiger partial charge < -0.3 is 15.5 Å². The Balaban J connectivity index is 1.34. The number of nitrogens with one attached hydrogen (secondary N) is 2. The van der Waals surface area contributed by atoms with Gasteiger partial charge in [-0.3, -0.25) is 14.6 Å². The third-order valence-corrected chi connectivity index (χ3v) is 7.31. The maximum Gasteiger partial charge on any atom is 0.247 e. The average molecular weight is 519 g/mol. The first-order valence-electron chi connectivity index (χ1n) is 12.4. The number of nitrogens with zero attached hydrogens (tertiary/aromatic N) is 2. The number of halogens is 2. The third kappa shape index (κ3) is 5.67. The number of piperidine rings is 1. The van der Waals surface area contributed by atoms with E-state index in [1.54, 1.807) is 36.5 Å². The lowest BCUT2D eigenvalue weighted by Gasteiger charge is -2.39. The lowest BCUT2D eigenvalue weighted by molar-refractivity contribution is -0.130. The molecular formula is C29H28ClFN4O2. The molecule has 2 aromatic carbocycles. The monoisotopic (exact) mass is 518 g/mol. The minimum atomic E-state index is -0.257. The Morgan fingerprint density at radius 3 is 2.46 bits per heavy atom. The molecule has 1 aromatic heterocycles. The first-order chi connectivity index (χ1) is 17.9. The van der Waals surface area contributed by atoms with Crippen LogP contribution in [-0.4, -0.2) is 39.8 Å². The van der Waals surface area contributed by atoms with Gasteiger partial charge in [0.25, 0.3) is 0 Å². The number of pyridine rings is 1. The molecule has 0 saturated carbocycles. The van der Waals surface area contributed by atoms with Crippen LogP contribution < -0.4 is 10.6 Å². The van der Waals surface area contributed by atoms with Crippen molar-refractivity contribution in [1.29, 1.82) is 0 Å². The number of amides is 2. The molecule has 3 atom stereocenters. The van der Waals surface area contributed by atoms with Crippen molar-refractivity contribution in [1.82, 2.24) is 9.88 Å². The number of carbonyl (C=O) groups excluding carboxylic acids is 2. The van der Waals surface area contributed by atoms with Crippen LogP contribution in [0.3, 0.4) is 0 Å². The van der Waals surface area contributed by atoms with Gasteiger partial charge >= 0.3 is 0 Å². The van der Waals surface area contributed by atoms with Crippen molar-refractivity contribution in [3.63, 3.8) is 0 Å². The van der Waals surface area contributed by atoms with Crippen LogP contribution in [0.4, 0.5) is 15.8 Å². The highest BCUT2D eigenvalue weighted by atomic mass is 35.5. The molecule has 5 rings (SSSR count). The van der Waals surface area contributed by atoms with Gasteiger partial charge in [-0.05, 0) is 85.9 Å². The Morgan fingerprint density at radius 2 is 1.81 bits per heavy atom. The molecule has 0 aliphatic carbocycles. The lowest BCUT2D eigenvalue weighted by Crippen LogP contribution is -2.49. The molecule has 0 spiro atoms. The number of hydrogen-bond donors (Lipinski definition) is 2. The van der Waals surface area contributed by atoms with Crippen molar-refractivity contribution >= 4 is 40.9 Å². The second kappa shape index (κ2) is 10.7. The predicted molar refractivity (Wildman–Crippen MR) is 145 cm³/mol. The zero-order chi connectivity index (χ0) is 25.9. The van der Waals surface area contributed by atoms with E-state index in [0.717, 1.165) is 36.9 Å². The van der Waals surface area contributed by atoms with Crippen LogP contribution in [-0.2, 0) is 9.59 Å². The molecular weight excluding hydrogens is 491 g/mol. The number of benzene rings is 2. The largest absolute Gasteiger partial charge is 0.382 e. The summed E-state index contributed by atoms with van der Waals surface area (Å²) in [4.78, 5) is 31.5. The quantitative estimate of drug-likeness (QED) is 0.384. The normalized spacial score (nSPS) is 20.7. The topological polar surface area (TPSA) is 74.3 Å². The van der Waals surface area contributed by atoms with Crippen molar-refractivity contribution in [3.8, 4) is 11.3 Å². The number of aromatic nitrogens is 1. The molecule has 0 radical (unpaired) electrons. The number of rotatable bonds is 6. The van der Waals surface area contributed by atoms with Crippen molar-refractivity contribution in [2.75, 3.05) is 10.6 Å². The van der Waals surface area contributed by atoms with E-state index in [1.807, 2.05) is 29.2 Å². The molecule has 2 fully saturated rings. The zero-order valence-electron chi connectivity index (χ0n) is 20.5. The molecule has 3 heterocycles. The molecule has 2 aliphatic heterocycles. The summed E-state index contributed by atoms with van der Waals surface area (Å²) in [7, 11) is 0. The molecule has 3 aromatic rings. The van der Waals surface area contributed by atoms with Crippen LogP contribution in [0.15, 0.2) is 66.9 Å². The fraction of sp³-hybridized carbons (Fsp3) is 0.276. The van der Waals surface area contributed by atoms with E-state index in [-0.39, 0.29) is 35.8 Å². The molecule has 0 unspecified atom stereocenters. The second-order valence-corrected chi connectivity index (χ2v) is 10.0. The highest BCUT2D eigenvalue weighted by molar-refractivity contribution is 6.33. The summed E-state index contributed by atoms with van der Waals surface area (Å²) < 4.78 is 13.2. The van der Waals surface area contributed by atoms with Gasteiger partial charge in [-0.15, -0.1) is 0 Å². The predicted octanol–water partition coefficient (Wildman–Crippen LogP) is 6.15. The number of anilines is 2. The number of carbonyl (C=O) groups is 2. The Labute approximate surface area is 220 Å². The summed E-state index contributed by atoms with van der Waals surface area (Å²) in [5, 5.41) is 6.76. The van der Waals surface area contributed by atoms with Gasteiger partial charge in [0, 0.05) is 54.3 Å². The van der Waals surface area contributed by atoms with E-state index in [2.05, 4.69) is 15.6 Å². The van der Waals surface area contributed by atoms with Crippen LogP contribution in [0, 0.1) is 5.82 Å². The molecule has 2 N–H and O–H groups in total. The van der Waals surface area contributed by atoms with Crippen molar-refractivity contribution in [2.24, 2.45) is 0 Å². The standard InChI is InChI=1S/C29H28ClFN4O2/c1-18(36)33-28-17-26(30)25(27-4-2-3-13-32-27)14-19(28)5-12-29(37)35-23-10-11-24(35)16-22(15-23)34-21-8-6-20(31)7-9-21/h2-9,12-14,17,22-24,34H,10-11,15-16H2,1H3,(H,33,36)/b12-5+/t22-,23+,24-. The minimum absolute atomic E-state index is 0.0455. The second-order valence-electron chi connectivity index (χ2n) is 9.60. The average Bonchev–Trinajstić information content (AvgIpc) is 3.15. The summed E-state index contributed by atoms with van der Waals surface area (Å²) in [6.45, 7) is 1.43. The van der Waals surface area contributed by atoms with E-state index in [4.69, 9.17) is 11.6 Å². The highest BCUT2D eigenvalue weighted by Crippen LogP contribution is 2.38. The molecule has 2 saturated heterocycles. The summed E-state index contributed by atoms with van der Waals surface area (Å²) in [6.07, 6.45) is 8.62. The Morgan fingerprint density at radius 1 is 1.08 bits per heavy atom. The third-order valence-electron chi connectivity index (χ3n) is 7.00. The van der Waals surface area contributed by atoms with E-state index in [0.29, 0.717) is 22.0 Å². The van der Waals surface area contributed by atoms with Crippen LogP contribution in [0.2, 0.25) is 5.02 Å². The Hall–Kier alpha value is -3.71. The maximum absolute atomic E-state index is 13.3. The van der Waals surface area contributed by atoms with E-state index in [1.165, 1.54) is 19.1 Å². The van der Waals surface area contributed by atoms with Crippen molar-refractivity contribution in [3.05, 3.63) is 83.3 Å². The SMILES string of the molecule is CC(=O)Nc1cc(Cl)c(-c2ccccn2)cc1/C=C/C(=O)N1[C@@H]2CC[C@H]1C[C@@H](Nc1ccc(F)cc1)C2. The summed E-state index contributed by atoms with van der Waals surface area (Å²) in [5.41, 5.74) is 3.52. The van der Waals surface area contributed by atoms with Gasteiger partial charge in [0.2, 0.25) is 11.8 Å². The molecule has 190 valence electrons. The van der Waals surface area contributed by atoms with Crippen molar-refractivity contribution in [2.45, 2.75) is 50.7 Å². The van der Waals surface area contributed by atoms with Crippen LogP contribution in [0.1, 0.15) is 38.2 Å². The van der Waals surface area contributed by atoms with Crippen molar-refractivity contribution < 1.29 is 14.0 Å². The summed E-state index contributed by atoms with van der Waals surface area (Å²) in [6, 6.07) is 16.0.